The summed E-state index contributed by atoms with van der Waals surface area (Å²) >= 11 is 3.26. The van der Waals surface area contributed by atoms with Crippen molar-refractivity contribution in [1.82, 2.24) is 25.1 Å². The molecule has 5 rings (SSSR count). The second kappa shape index (κ2) is 16.8. The van der Waals surface area contributed by atoms with Gasteiger partial charge in [-0.25, -0.2) is 29.5 Å². The summed E-state index contributed by atoms with van der Waals surface area (Å²) in [6.45, 7) is 9.42. The molecule has 3 aromatic rings. The molecule has 3 aromatic heterocycles. The molecule has 0 atom stereocenters. The summed E-state index contributed by atoms with van der Waals surface area (Å²) in [5.74, 6) is 0.967. The van der Waals surface area contributed by atoms with E-state index < -0.39 is 11.9 Å². The van der Waals surface area contributed by atoms with E-state index in [0.717, 1.165) is 50.0 Å². The van der Waals surface area contributed by atoms with Gasteiger partial charge in [0.2, 0.25) is 0 Å². The third kappa shape index (κ3) is 8.21. The van der Waals surface area contributed by atoms with Gasteiger partial charge in [-0.15, -0.1) is 0 Å². The highest BCUT2D eigenvalue weighted by atomic mass is 79.9. The van der Waals surface area contributed by atoms with E-state index in [1.807, 2.05) is 13.8 Å². The Hall–Kier alpha value is -3.61. The van der Waals surface area contributed by atoms with E-state index in [1.54, 1.807) is 12.4 Å². The number of esters is 2. The van der Waals surface area contributed by atoms with Gasteiger partial charge in [0.15, 0.2) is 23.0 Å². The van der Waals surface area contributed by atoms with E-state index in [2.05, 4.69) is 64.7 Å². The average Bonchev–Trinajstić information content (AvgIpc) is 3.43. The molecule has 2 aliphatic rings. The van der Waals surface area contributed by atoms with E-state index in [1.165, 1.54) is 52.7 Å². The largest absolute Gasteiger partial charge is 0.464 e. The smallest absolute Gasteiger partial charge is 0.360 e. The number of halogens is 1. The highest BCUT2D eigenvalue weighted by Gasteiger charge is 2.29. The molecular formula is C33H46BrN7O5. The quantitative estimate of drug-likeness (QED) is 0.215. The van der Waals surface area contributed by atoms with Crippen LogP contribution >= 0.6 is 15.9 Å². The lowest BCUT2D eigenvalue weighted by molar-refractivity contribution is 0.0585. The molecule has 0 aliphatic heterocycles. The first-order valence-corrected chi connectivity index (χ1v) is 17.1. The van der Waals surface area contributed by atoms with Gasteiger partial charge in [-0.1, -0.05) is 43.7 Å². The number of ether oxygens (including phenoxy) is 2. The number of anilines is 2. The zero-order chi connectivity index (χ0) is 33.2. The van der Waals surface area contributed by atoms with Crippen LogP contribution in [0.2, 0.25) is 0 Å². The number of aryl methyl sites for hydroxylation is 2. The van der Waals surface area contributed by atoms with Crippen molar-refractivity contribution in [2.45, 2.75) is 104 Å². The highest BCUT2D eigenvalue weighted by molar-refractivity contribution is 9.10. The second-order valence-electron chi connectivity index (χ2n) is 11.6. The van der Waals surface area contributed by atoms with E-state index in [4.69, 9.17) is 14.0 Å². The predicted octanol–water partition coefficient (Wildman–Crippen LogP) is 6.88. The Kier molecular flexibility index (Phi) is 12.9. The molecule has 2 fully saturated rings. The van der Waals surface area contributed by atoms with Crippen LogP contribution in [-0.4, -0.2) is 76.4 Å². The fourth-order valence-corrected chi connectivity index (χ4v) is 6.83. The Morgan fingerprint density at radius 1 is 0.804 bits per heavy atom. The van der Waals surface area contributed by atoms with Crippen molar-refractivity contribution in [3.63, 3.8) is 0 Å². The molecule has 2 saturated carbocycles. The zero-order valence-corrected chi connectivity index (χ0v) is 29.4. The van der Waals surface area contributed by atoms with Gasteiger partial charge < -0.3 is 23.8 Å². The van der Waals surface area contributed by atoms with Gasteiger partial charge in [-0.05, 0) is 69.3 Å². The lowest BCUT2D eigenvalue weighted by Gasteiger charge is -2.35. The summed E-state index contributed by atoms with van der Waals surface area (Å²) < 4.78 is 15.6. The van der Waals surface area contributed by atoms with E-state index in [0.29, 0.717) is 39.8 Å². The summed E-state index contributed by atoms with van der Waals surface area (Å²) in [6, 6.07) is 0.823. The number of methoxy groups -OCH3 is 2. The standard InChI is InChI=1S/C19H26N4O3.C14H20BrN3O2/c1-5-23(14-9-7-6-8-10-14)18-17(19(24)25-4)21-15(11-20-18)16-12(2)22-26-13(16)3;1-3-18(10-7-5-4-6-8-10)13-12(14(19)20-2)17-11(15)9-16-13/h11,14H,5-10H2,1-4H3;9-10H,3-8H2,1-2H3. The number of rotatable bonds is 9. The number of nitrogens with zero attached hydrogens (tertiary/aromatic N) is 7. The van der Waals surface area contributed by atoms with Crippen molar-refractivity contribution in [1.29, 1.82) is 0 Å². The lowest BCUT2D eigenvalue weighted by atomic mass is 9.94. The Bertz CT molecular complexity index is 1450. The summed E-state index contributed by atoms with van der Waals surface area (Å²) in [6.07, 6.45) is 15.3. The third-order valence-corrected chi connectivity index (χ3v) is 9.16. The van der Waals surface area contributed by atoms with Crippen LogP contribution in [0, 0.1) is 13.8 Å². The second-order valence-corrected chi connectivity index (χ2v) is 12.4. The van der Waals surface area contributed by atoms with Crippen molar-refractivity contribution >= 4 is 39.5 Å². The van der Waals surface area contributed by atoms with Crippen LogP contribution in [0.4, 0.5) is 11.6 Å². The number of hydrogen-bond acceptors (Lipinski definition) is 12. The molecule has 0 aromatic carbocycles. The van der Waals surface area contributed by atoms with Gasteiger partial charge in [-0.3, -0.25) is 0 Å². The van der Waals surface area contributed by atoms with Crippen LogP contribution in [-0.2, 0) is 9.47 Å². The SMILES string of the molecule is CCN(c1ncc(-c2c(C)noc2C)nc1C(=O)OC)C1CCCCC1.CCN(c1ncc(Br)nc1C(=O)OC)C1CCCCC1. The Morgan fingerprint density at radius 3 is 1.72 bits per heavy atom. The van der Waals surface area contributed by atoms with Crippen LogP contribution in [0.25, 0.3) is 11.3 Å². The molecule has 250 valence electrons. The van der Waals surface area contributed by atoms with E-state index in [-0.39, 0.29) is 11.4 Å². The Labute approximate surface area is 279 Å². The first kappa shape index (κ1) is 35.2. The molecule has 3 heterocycles. The van der Waals surface area contributed by atoms with E-state index >= 15 is 0 Å². The van der Waals surface area contributed by atoms with Crippen molar-refractivity contribution < 1.29 is 23.6 Å². The molecule has 46 heavy (non-hydrogen) atoms. The number of aromatic nitrogens is 5. The molecular weight excluding hydrogens is 654 g/mol. The van der Waals surface area contributed by atoms with Crippen LogP contribution in [0.1, 0.15) is 110 Å². The predicted molar refractivity (Wildman–Crippen MR) is 179 cm³/mol. The minimum Gasteiger partial charge on any atom is -0.464 e. The van der Waals surface area contributed by atoms with Crippen molar-refractivity contribution in [2.75, 3.05) is 37.1 Å². The molecule has 0 N–H and O–H groups in total. The Morgan fingerprint density at radius 2 is 1.28 bits per heavy atom. The lowest BCUT2D eigenvalue weighted by Crippen LogP contribution is -2.38. The van der Waals surface area contributed by atoms with Crippen molar-refractivity contribution in [3.05, 3.63) is 39.8 Å². The molecule has 0 saturated heterocycles. The van der Waals surface area contributed by atoms with Crippen LogP contribution in [0.5, 0.6) is 0 Å². The van der Waals surface area contributed by atoms with Gasteiger partial charge in [0.25, 0.3) is 0 Å². The molecule has 13 heteroatoms. The number of carbonyl (C=O) groups is 2. The Balaban J connectivity index is 0.000000216. The zero-order valence-electron chi connectivity index (χ0n) is 27.8. The maximum Gasteiger partial charge on any atom is 0.360 e. The molecule has 0 bridgehead atoms. The normalized spacial score (nSPS) is 15.5. The highest BCUT2D eigenvalue weighted by Crippen LogP contribution is 2.32. The average molecular weight is 701 g/mol. The summed E-state index contributed by atoms with van der Waals surface area (Å²) in [7, 11) is 2.73. The molecule has 0 amide bonds. The molecule has 0 radical (unpaired) electrons. The van der Waals surface area contributed by atoms with Crippen LogP contribution in [0.3, 0.4) is 0 Å². The first-order chi connectivity index (χ1) is 22.2. The summed E-state index contributed by atoms with van der Waals surface area (Å²) in [4.78, 5) is 46.6. The first-order valence-electron chi connectivity index (χ1n) is 16.3. The summed E-state index contributed by atoms with van der Waals surface area (Å²) in [5, 5.41) is 3.96. The summed E-state index contributed by atoms with van der Waals surface area (Å²) in [5.41, 5.74) is 2.60. The van der Waals surface area contributed by atoms with Crippen LogP contribution in [0.15, 0.2) is 21.5 Å². The number of hydrogen-bond donors (Lipinski definition) is 0. The molecule has 12 nitrogen and oxygen atoms in total. The maximum absolute atomic E-state index is 12.4. The fraction of sp³-hybridized carbons (Fsp3) is 0.606. The third-order valence-electron chi connectivity index (χ3n) is 8.78. The van der Waals surface area contributed by atoms with Gasteiger partial charge in [0, 0.05) is 25.2 Å². The van der Waals surface area contributed by atoms with Gasteiger partial charge in [-0.2, -0.15) is 0 Å². The van der Waals surface area contributed by atoms with Crippen LogP contribution < -0.4 is 9.80 Å². The fourth-order valence-electron chi connectivity index (χ4n) is 6.55. The molecule has 0 unspecified atom stereocenters. The minimum atomic E-state index is -0.477. The monoisotopic (exact) mass is 699 g/mol. The van der Waals surface area contributed by atoms with Gasteiger partial charge >= 0.3 is 11.9 Å². The number of carbonyl (C=O) groups excluding carboxylic acids is 2. The maximum atomic E-state index is 12.4. The molecule has 0 spiro atoms. The van der Waals surface area contributed by atoms with Crippen molar-refractivity contribution in [3.8, 4) is 11.3 Å². The topological polar surface area (TPSA) is 137 Å². The van der Waals surface area contributed by atoms with E-state index in [9.17, 15) is 9.59 Å². The van der Waals surface area contributed by atoms with Crippen molar-refractivity contribution in [2.24, 2.45) is 0 Å². The molecule has 2 aliphatic carbocycles. The van der Waals surface area contributed by atoms with Gasteiger partial charge in [0.05, 0.1) is 43.6 Å². The minimum absolute atomic E-state index is 0.248. The van der Waals surface area contributed by atoms with Gasteiger partial charge in [0.1, 0.15) is 10.4 Å².